The van der Waals surface area contributed by atoms with E-state index in [9.17, 15) is 4.39 Å². The van der Waals surface area contributed by atoms with Crippen molar-refractivity contribution in [2.24, 2.45) is 0 Å². The van der Waals surface area contributed by atoms with Gasteiger partial charge in [-0.15, -0.1) is 0 Å². The Balaban J connectivity index is 2.36. The van der Waals surface area contributed by atoms with E-state index in [0.717, 1.165) is 10.0 Å². The van der Waals surface area contributed by atoms with E-state index in [1.54, 1.807) is 12.1 Å². The average molecular weight is 357 g/mol. The molecule has 1 N–H and O–H groups in total. The van der Waals surface area contributed by atoms with Crippen LogP contribution in [-0.2, 0) is 6.42 Å². The van der Waals surface area contributed by atoms with Crippen LogP contribution in [0.5, 0.6) is 0 Å². The summed E-state index contributed by atoms with van der Waals surface area (Å²) in [5.41, 5.74) is 2.86. The van der Waals surface area contributed by atoms with Gasteiger partial charge in [0.15, 0.2) is 0 Å². The quantitative estimate of drug-likeness (QED) is 0.808. The number of aryl methyl sites for hydroxylation is 1. The molecule has 0 bridgehead atoms. The van der Waals surface area contributed by atoms with Crippen LogP contribution >= 0.6 is 27.5 Å². The number of nitrogens with one attached hydrogen (secondary N) is 1. The highest BCUT2D eigenvalue weighted by Crippen LogP contribution is 2.28. The summed E-state index contributed by atoms with van der Waals surface area (Å²) >= 11 is 9.59. The number of halogens is 3. The van der Waals surface area contributed by atoms with Crippen LogP contribution in [0.3, 0.4) is 0 Å². The summed E-state index contributed by atoms with van der Waals surface area (Å²) in [5, 5.41) is 3.71. The van der Waals surface area contributed by atoms with Gasteiger partial charge in [0.05, 0.1) is 0 Å². The van der Waals surface area contributed by atoms with Crippen LogP contribution in [0.2, 0.25) is 5.02 Å². The van der Waals surface area contributed by atoms with Gasteiger partial charge in [0, 0.05) is 21.1 Å². The predicted molar refractivity (Wildman–Crippen MR) is 85.8 cm³/mol. The van der Waals surface area contributed by atoms with E-state index in [0.29, 0.717) is 17.0 Å². The van der Waals surface area contributed by atoms with Crippen LogP contribution in [0.25, 0.3) is 0 Å². The second-order valence-corrected chi connectivity index (χ2v) is 6.07. The molecule has 0 aromatic heterocycles. The molecular formula is C16H16BrClFN. The number of benzene rings is 2. The van der Waals surface area contributed by atoms with Gasteiger partial charge in [0.1, 0.15) is 5.82 Å². The normalized spacial score (nSPS) is 12.4. The van der Waals surface area contributed by atoms with E-state index in [2.05, 4.69) is 34.2 Å². The highest BCUT2D eigenvalue weighted by atomic mass is 79.9. The van der Waals surface area contributed by atoms with E-state index in [-0.39, 0.29) is 11.9 Å². The number of likely N-dealkylation sites (N-methyl/N-ethyl adjacent to an activating group) is 1. The average Bonchev–Trinajstić information content (AvgIpc) is 2.42. The molecule has 0 fully saturated rings. The molecule has 2 rings (SSSR count). The second-order valence-electron chi connectivity index (χ2n) is 4.75. The predicted octanol–water partition coefficient (Wildman–Crippen LogP) is 5.05. The van der Waals surface area contributed by atoms with Gasteiger partial charge in [-0.1, -0.05) is 39.7 Å². The van der Waals surface area contributed by atoms with Crippen molar-refractivity contribution in [3.8, 4) is 0 Å². The maximum absolute atomic E-state index is 13.9. The second kappa shape index (κ2) is 6.70. The summed E-state index contributed by atoms with van der Waals surface area (Å²) in [6.07, 6.45) is 0.513. The molecule has 0 amide bonds. The maximum atomic E-state index is 13.9. The molecule has 4 heteroatoms. The number of hydrogen-bond donors (Lipinski definition) is 1. The molecule has 1 unspecified atom stereocenters. The maximum Gasteiger partial charge on any atom is 0.127 e. The Hall–Kier alpha value is -0.900. The van der Waals surface area contributed by atoms with Crippen molar-refractivity contribution in [1.82, 2.24) is 5.32 Å². The van der Waals surface area contributed by atoms with Gasteiger partial charge >= 0.3 is 0 Å². The standard InChI is InChI=1S/C16H16BrClFN/c1-10-6-7-11(17)8-12(10)16(20-2)9-13-14(18)4-3-5-15(13)19/h3-8,16,20H,9H2,1-2H3. The minimum absolute atomic E-state index is 0.0156. The molecule has 1 nitrogen and oxygen atoms in total. The molecule has 0 aliphatic carbocycles. The molecule has 106 valence electrons. The molecule has 0 saturated heterocycles. The number of rotatable bonds is 4. The smallest absolute Gasteiger partial charge is 0.127 e. The Morgan fingerprint density at radius 2 is 2.05 bits per heavy atom. The van der Waals surface area contributed by atoms with Crippen molar-refractivity contribution in [3.63, 3.8) is 0 Å². The van der Waals surface area contributed by atoms with E-state index in [1.807, 2.05) is 19.2 Å². The molecule has 2 aromatic rings. The van der Waals surface area contributed by atoms with Gasteiger partial charge in [0.25, 0.3) is 0 Å². The highest BCUT2D eigenvalue weighted by molar-refractivity contribution is 9.10. The molecule has 0 spiro atoms. The Morgan fingerprint density at radius 1 is 1.30 bits per heavy atom. The van der Waals surface area contributed by atoms with Crippen LogP contribution in [-0.4, -0.2) is 7.05 Å². The van der Waals surface area contributed by atoms with Crippen molar-refractivity contribution in [3.05, 3.63) is 68.4 Å². The summed E-state index contributed by atoms with van der Waals surface area (Å²) in [4.78, 5) is 0. The van der Waals surface area contributed by atoms with Gasteiger partial charge in [-0.3, -0.25) is 0 Å². The highest BCUT2D eigenvalue weighted by Gasteiger charge is 2.17. The summed E-state index contributed by atoms with van der Waals surface area (Å²) < 4.78 is 14.9. The third-order valence-electron chi connectivity index (χ3n) is 3.44. The third-order valence-corrected chi connectivity index (χ3v) is 4.28. The lowest BCUT2D eigenvalue weighted by atomic mass is 9.95. The first-order valence-corrected chi connectivity index (χ1v) is 7.56. The third kappa shape index (κ3) is 3.40. The first-order valence-electron chi connectivity index (χ1n) is 6.39. The van der Waals surface area contributed by atoms with Crippen LogP contribution in [0.1, 0.15) is 22.7 Å². The number of hydrogen-bond acceptors (Lipinski definition) is 1. The zero-order valence-corrected chi connectivity index (χ0v) is 13.7. The van der Waals surface area contributed by atoms with E-state index in [4.69, 9.17) is 11.6 Å². The zero-order valence-electron chi connectivity index (χ0n) is 11.4. The summed E-state index contributed by atoms with van der Waals surface area (Å²) in [6, 6.07) is 10.9. The molecule has 0 aliphatic heterocycles. The summed E-state index contributed by atoms with van der Waals surface area (Å²) in [5.74, 6) is -0.259. The van der Waals surface area contributed by atoms with Crippen LogP contribution in [0.15, 0.2) is 40.9 Å². The fourth-order valence-electron chi connectivity index (χ4n) is 2.29. The van der Waals surface area contributed by atoms with Crippen molar-refractivity contribution in [1.29, 1.82) is 0 Å². The van der Waals surface area contributed by atoms with E-state index < -0.39 is 0 Å². The van der Waals surface area contributed by atoms with Gasteiger partial charge in [-0.25, -0.2) is 4.39 Å². The molecule has 0 heterocycles. The van der Waals surface area contributed by atoms with Crippen molar-refractivity contribution in [2.45, 2.75) is 19.4 Å². The van der Waals surface area contributed by atoms with Gasteiger partial charge < -0.3 is 5.32 Å². The van der Waals surface area contributed by atoms with Gasteiger partial charge in [-0.05, 0) is 55.8 Å². The van der Waals surface area contributed by atoms with Crippen molar-refractivity contribution in [2.75, 3.05) is 7.05 Å². The molecular weight excluding hydrogens is 341 g/mol. The molecule has 1 atom stereocenters. The lowest BCUT2D eigenvalue weighted by molar-refractivity contribution is 0.552. The van der Waals surface area contributed by atoms with Crippen LogP contribution in [0, 0.1) is 12.7 Å². The van der Waals surface area contributed by atoms with E-state index >= 15 is 0 Å². The monoisotopic (exact) mass is 355 g/mol. The SMILES string of the molecule is CNC(Cc1c(F)cccc1Cl)c1cc(Br)ccc1C. The zero-order chi connectivity index (χ0) is 14.7. The Morgan fingerprint density at radius 3 is 2.70 bits per heavy atom. The van der Waals surface area contributed by atoms with Crippen LogP contribution in [0.4, 0.5) is 4.39 Å². The molecule has 2 aromatic carbocycles. The molecule has 20 heavy (non-hydrogen) atoms. The minimum atomic E-state index is -0.259. The summed E-state index contributed by atoms with van der Waals surface area (Å²) in [6.45, 7) is 2.05. The fraction of sp³-hybridized carbons (Fsp3) is 0.250. The minimum Gasteiger partial charge on any atom is -0.313 e. The topological polar surface area (TPSA) is 12.0 Å². The fourth-order valence-corrected chi connectivity index (χ4v) is 2.90. The van der Waals surface area contributed by atoms with E-state index in [1.165, 1.54) is 11.6 Å². The lowest BCUT2D eigenvalue weighted by Crippen LogP contribution is -2.20. The first kappa shape index (κ1) is 15.5. The van der Waals surface area contributed by atoms with Crippen molar-refractivity contribution < 1.29 is 4.39 Å². The van der Waals surface area contributed by atoms with Gasteiger partial charge in [0.2, 0.25) is 0 Å². The largest absolute Gasteiger partial charge is 0.313 e. The lowest BCUT2D eigenvalue weighted by Gasteiger charge is -2.20. The summed E-state index contributed by atoms with van der Waals surface area (Å²) in [7, 11) is 1.87. The van der Waals surface area contributed by atoms with Crippen molar-refractivity contribution >= 4 is 27.5 Å². The molecule has 0 aliphatic rings. The van der Waals surface area contributed by atoms with Crippen LogP contribution < -0.4 is 5.32 Å². The molecule has 0 radical (unpaired) electrons. The molecule has 0 saturated carbocycles. The first-order chi connectivity index (χ1) is 9.52. The Bertz CT molecular complexity index is 595. The Kier molecular flexibility index (Phi) is 5.19. The van der Waals surface area contributed by atoms with Gasteiger partial charge in [-0.2, -0.15) is 0 Å². The Labute approximate surface area is 132 Å².